The quantitative estimate of drug-likeness (QED) is 0.295. The van der Waals surface area contributed by atoms with Crippen LogP contribution in [0.25, 0.3) is 16.6 Å². The molecule has 2 aliphatic rings. The van der Waals surface area contributed by atoms with Gasteiger partial charge >= 0.3 is 0 Å². The van der Waals surface area contributed by atoms with Gasteiger partial charge in [0.25, 0.3) is 5.91 Å². The first-order valence-corrected chi connectivity index (χ1v) is 13.0. The SMILES string of the molecule is C=C(C)c1cc(NC(=O)c2ccc(C)c(Nc3ncnc4c(N)nc(N5CCN6CCCC6C5)nc34)c2)[nH]n1. The van der Waals surface area contributed by atoms with Crippen molar-refractivity contribution in [2.75, 3.05) is 47.4 Å². The number of nitrogens with zero attached hydrogens (tertiary/aromatic N) is 7. The second-order valence-corrected chi connectivity index (χ2v) is 10.2. The van der Waals surface area contributed by atoms with Gasteiger partial charge in [0.15, 0.2) is 11.6 Å². The highest BCUT2D eigenvalue weighted by molar-refractivity contribution is 6.05. The summed E-state index contributed by atoms with van der Waals surface area (Å²) < 4.78 is 0. The number of anilines is 5. The molecule has 0 radical (unpaired) electrons. The standard InChI is InChI=1S/C27H31N11O/c1-15(2)19-12-21(36-35-19)32-26(39)17-7-6-16(3)20(11-17)31-25-23-22(29-14-30-25)24(28)34-27(33-23)38-10-9-37-8-4-5-18(37)13-38/h6-7,11-12,14,18H,1,4-5,8-10,13H2,2-3H3,(H2,28,33,34)(H,29,30,31)(H2,32,35,36,39). The predicted molar refractivity (Wildman–Crippen MR) is 152 cm³/mol. The first-order valence-electron chi connectivity index (χ1n) is 13.0. The van der Waals surface area contributed by atoms with Crippen LogP contribution in [0.1, 0.15) is 41.4 Å². The summed E-state index contributed by atoms with van der Waals surface area (Å²) in [5.74, 6) is 1.61. The van der Waals surface area contributed by atoms with Crippen molar-refractivity contribution in [2.45, 2.75) is 32.7 Å². The van der Waals surface area contributed by atoms with Crippen molar-refractivity contribution in [1.29, 1.82) is 0 Å². The number of fused-ring (bicyclic) bond motifs is 2. The van der Waals surface area contributed by atoms with Gasteiger partial charge in [-0.1, -0.05) is 12.6 Å². The Balaban J connectivity index is 1.28. The molecule has 2 aliphatic heterocycles. The van der Waals surface area contributed by atoms with E-state index in [1.807, 2.05) is 19.9 Å². The maximum absolute atomic E-state index is 13.0. The van der Waals surface area contributed by atoms with E-state index in [-0.39, 0.29) is 5.91 Å². The maximum Gasteiger partial charge on any atom is 0.256 e. The Morgan fingerprint density at radius 1 is 1.15 bits per heavy atom. The number of allylic oxidation sites excluding steroid dienone is 1. The van der Waals surface area contributed by atoms with Crippen LogP contribution < -0.4 is 21.3 Å². The molecule has 1 aromatic carbocycles. The van der Waals surface area contributed by atoms with Gasteiger partial charge in [0, 0.05) is 43.0 Å². The summed E-state index contributed by atoms with van der Waals surface area (Å²) in [6, 6.07) is 7.69. The lowest BCUT2D eigenvalue weighted by Gasteiger charge is -2.37. The number of benzene rings is 1. The molecular formula is C27H31N11O. The molecule has 12 nitrogen and oxygen atoms in total. The van der Waals surface area contributed by atoms with E-state index in [1.165, 1.54) is 19.2 Å². The van der Waals surface area contributed by atoms with E-state index >= 15 is 0 Å². The first kappa shape index (κ1) is 24.7. The Bertz CT molecular complexity index is 1580. The van der Waals surface area contributed by atoms with Crippen molar-refractivity contribution in [3.8, 4) is 0 Å². The summed E-state index contributed by atoms with van der Waals surface area (Å²) in [7, 11) is 0. The van der Waals surface area contributed by atoms with E-state index in [1.54, 1.807) is 18.2 Å². The molecule has 1 unspecified atom stereocenters. The largest absolute Gasteiger partial charge is 0.382 e. The van der Waals surface area contributed by atoms with Crippen molar-refractivity contribution in [2.24, 2.45) is 0 Å². The topological polar surface area (TPSA) is 154 Å². The summed E-state index contributed by atoms with van der Waals surface area (Å²) in [5, 5.41) is 13.2. The molecule has 4 aromatic rings. The Morgan fingerprint density at radius 3 is 2.85 bits per heavy atom. The van der Waals surface area contributed by atoms with Crippen LogP contribution in [0.3, 0.4) is 0 Å². The predicted octanol–water partition coefficient (Wildman–Crippen LogP) is 3.35. The van der Waals surface area contributed by atoms with E-state index < -0.39 is 0 Å². The summed E-state index contributed by atoms with van der Waals surface area (Å²) in [6.07, 6.45) is 3.85. The van der Waals surface area contributed by atoms with Crippen LogP contribution in [0.2, 0.25) is 0 Å². The maximum atomic E-state index is 13.0. The lowest BCUT2D eigenvalue weighted by Crippen LogP contribution is -2.50. The summed E-state index contributed by atoms with van der Waals surface area (Å²) >= 11 is 0. The minimum atomic E-state index is -0.276. The van der Waals surface area contributed by atoms with Gasteiger partial charge in [-0.2, -0.15) is 10.1 Å². The molecule has 5 N–H and O–H groups in total. The lowest BCUT2D eigenvalue weighted by molar-refractivity contribution is 0.102. The van der Waals surface area contributed by atoms with Crippen LogP contribution in [-0.2, 0) is 0 Å². The lowest BCUT2D eigenvalue weighted by atomic mass is 10.1. The fraction of sp³-hybridized carbons (Fsp3) is 0.333. The van der Waals surface area contributed by atoms with E-state index in [4.69, 9.17) is 10.7 Å². The zero-order valence-corrected chi connectivity index (χ0v) is 22.0. The number of amides is 1. The number of H-pyrrole nitrogens is 1. The number of carbonyl (C=O) groups excluding carboxylic acids is 1. The number of aromatic amines is 1. The normalized spacial score (nSPS) is 17.3. The molecule has 2 saturated heterocycles. The molecule has 0 spiro atoms. The van der Waals surface area contributed by atoms with Gasteiger partial charge in [-0.3, -0.25) is 14.8 Å². The second kappa shape index (κ2) is 9.95. The summed E-state index contributed by atoms with van der Waals surface area (Å²) in [4.78, 5) is 36.0. The van der Waals surface area contributed by atoms with Crippen LogP contribution in [0.5, 0.6) is 0 Å². The smallest absolute Gasteiger partial charge is 0.256 e. The molecule has 39 heavy (non-hydrogen) atoms. The van der Waals surface area contributed by atoms with Crippen molar-refractivity contribution in [3.05, 3.63) is 54.0 Å². The van der Waals surface area contributed by atoms with E-state index in [0.717, 1.165) is 37.3 Å². The van der Waals surface area contributed by atoms with Crippen LogP contribution in [0, 0.1) is 6.92 Å². The number of hydrogen-bond donors (Lipinski definition) is 4. The van der Waals surface area contributed by atoms with Gasteiger partial charge in [-0.25, -0.2) is 15.0 Å². The molecule has 200 valence electrons. The number of piperazine rings is 1. The molecule has 6 rings (SSSR count). The molecule has 1 atom stereocenters. The minimum absolute atomic E-state index is 0.276. The average Bonchev–Trinajstić information content (AvgIpc) is 3.59. The summed E-state index contributed by atoms with van der Waals surface area (Å²) in [6.45, 7) is 11.6. The van der Waals surface area contributed by atoms with Gasteiger partial charge in [0.2, 0.25) is 5.95 Å². The number of nitrogens with two attached hydrogens (primary N) is 1. The van der Waals surface area contributed by atoms with Crippen molar-refractivity contribution in [3.63, 3.8) is 0 Å². The van der Waals surface area contributed by atoms with E-state index in [0.29, 0.717) is 57.4 Å². The Morgan fingerprint density at radius 2 is 2.03 bits per heavy atom. The number of aromatic nitrogens is 6. The average molecular weight is 526 g/mol. The molecule has 0 aliphatic carbocycles. The van der Waals surface area contributed by atoms with Crippen LogP contribution in [-0.4, -0.2) is 73.2 Å². The van der Waals surface area contributed by atoms with Gasteiger partial charge in [-0.05, 0) is 56.5 Å². The number of aryl methyl sites for hydroxylation is 1. The number of nitrogens with one attached hydrogen (secondary N) is 3. The zero-order chi connectivity index (χ0) is 27.1. The Kier molecular flexibility index (Phi) is 6.31. The van der Waals surface area contributed by atoms with E-state index in [9.17, 15) is 4.79 Å². The number of nitrogen functional groups attached to an aromatic ring is 1. The van der Waals surface area contributed by atoms with E-state index in [2.05, 4.69) is 52.2 Å². The number of carbonyl (C=O) groups is 1. The van der Waals surface area contributed by atoms with Gasteiger partial charge < -0.3 is 21.3 Å². The van der Waals surface area contributed by atoms with Crippen LogP contribution in [0.15, 0.2) is 37.2 Å². The van der Waals surface area contributed by atoms with Gasteiger partial charge in [0.05, 0.1) is 5.69 Å². The van der Waals surface area contributed by atoms with Crippen molar-refractivity contribution < 1.29 is 4.79 Å². The minimum Gasteiger partial charge on any atom is -0.382 e. The fourth-order valence-electron chi connectivity index (χ4n) is 5.19. The van der Waals surface area contributed by atoms with Gasteiger partial charge in [0.1, 0.15) is 23.2 Å². The first-order chi connectivity index (χ1) is 18.9. The monoisotopic (exact) mass is 525 g/mol. The van der Waals surface area contributed by atoms with Crippen molar-refractivity contribution >= 4 is 51.6 Å². The molecule has 1 amide bonds. The Labute approximate surface area is 225 Å². The molecule has 5 heterocycles. The third-order valence-electron chi connectivity index (χ3n) is 7.38. The third-order valence-corrected chi connectivity index (χ3v) is 7.38. The van der Waals surface area contributed by atoms with Crippen molar-refractivity contribution in [1.82, 2.24) is 35.0 Å². The molecule has 12 heteroatoms. The molecule has 3 aromatic heterocycles. The third kappa shape index (κ3) is 4.86. The molecule has 2 fully saturated rings. The Hall–Kier alpha value is -4.58. The summed E-state index contributed by atoms with van der Waals surface area (Å²) in [5.41, 5.74) is 11.0. The molecule has 0 bridgehead atoms. The second-order valence-electron chi connectivity index (χ2n) is 10.2. The zero-order valence-electron chi connectivity index (χ0n) is 22.0. The van der Waals surface area contributed by atoms with Crippen LogP contribution >= 0.6 is 0 Å². The fourth-order valence-corrected chi connectivity index (χ4v) is 5.19. The number of hydrogen-bond acceptors (Lipinski definition) is 10. The highest BCUT2D eigenvalue weighted by atomic mass is 16.1. The molecular weight excluding hydrogens is 494 g/mol. The van der Waals surface area contributed by atoms with Gasteiger partial charge in [-0.15, -0.1) is 0 Å². The number of rotatable bonds is 6. The molecule has 0 saturated carbocycles. The highest BCUT2D eigenvalue weighted by Crippen LogP contribution is 2.30. The van der Waals surface area contributed by atoms with Crippen LogP contribution in [0.4, 0.5) is 29.1 Å². The highest BCUT2D eigenvalue weighted by Gasteiger charge is 2.32.